The van der Waals surface area contributed by atoms with Crippen molar-refractivity contribution in [3.8, 4) is 0 Å². The third kappa shape index (κ3) is 1.03. The van der Waals surface area contributed by atoms with E-state index in [1.807, 2.05) is 0 Å². The zero-order valence-corrected chi connectivity index (χ0v) is 4.35. The predicted octanol–water partition coefficient (Wildman–Crippen LogP) is -2.07. The van der Waals surface area contributed by atoms with Crippen LogP contribution in [0.4, 0.5) is 0 Å². The molecule has 1 aliphatic heterocycles. The normalized spacial score (nSPS) is 30.6. The topological polar surface area (TPSA) is 53.8 Å². The van der Waals surface area contributed by atoms with Gasteiger partial charge in [0.1, 0.15) is 6.54 Å². The molecule has 0 aromatic rings. The van der Waals surface area contributed by atoms with E-state index in [1.54, 1.807) is 0 Å². The second-order valence-corrected chi connectivity index (χ2v) is 1.65. The van der Waals surface area contributed by atoms with E-state index in [9.17, 15) is 10.0 Å². The molecule has 0 radical (unpaired) electrons. The molecule has 0 aromatic heterocycles. The summed E-state index contributed by atoms with van der Waals surface area (Å²) < 4.78 is 4.68. The molecule has 4 nitrogen and oxygen atoms in total. The molecule has 1 amide bonds. The standard InChI is InChI=1S/C4H7NO3/c6-4-3-8-2-1-5(4)7/h5H,1-3H2. The number of rotatable bonds is 0. The molecule has 1 fully saturated rings. The lowest BCUT2D eigenvalue weighted by molar-refractivity contribution is -0.773. The van der Waals surface area contributed by atoms with E-state index >= 15 is 0 Å². The Morgan fingerprint density at radius 1 is 1.75 bits per heavy atom. The Morgan fingerprint density at radius 2 is 2.50 bits per heavy atom. The van der Waals surface area contributed by atoms with Crippen molar-refractivity contribution in [1.82, 2.24) is 0 Å². The second-order valence-electron chi connectivity index (χ2n) is 1.65. The summed E-state index contributed by atoms with van der Waals surface area (Å²) in [5, 5.41) is 10.1. The highest BCUT2D eigenvalue weighted by Crippen LogP contribution is 1.74. The van der Waals surface area contributed by atoms with Crippen LogP contribution in [0.25, 0.3) is 0 Å². The second kappa shape index (κ2) is 2.21. The van der Waals surface area contributed by atoms with Crippen molar-refractivity contribution in [3.05, 3.63) is 5.21 Å². The summed E-state index contributed by atoms with van der Waals surface area (Å²) in [5.74, 6) is -0.392. The van der Waals surface area contributed by atoms with Crippen molar-refractivity contribution in [3.63, 3.8) is 0 Å². The number of carbonyl (C=O) groups excluding carboxylic acids is 1. The molecule has 0 spiro atoms. The third-order valence-electron chi connectivity index (χ3n) is 1.02. The van der Waals surface area contributed by atoms with E-state index in [2.05, 4.69) is 4.74 Å². The van der Waals surface area contributed by atoms with E-state index in [0.29, 0.717) is 6.61 Å². The van der Waals surface area contributed by atoms with Crippen LogP contribution in [-0.4, -0.2) is 25.7 Å². The average molecular weight is 117 g/mol. The first-order chi connectivity index (χ1) is 3.80. The van der Waals surface area contributed by atoms with Crippen molar-refractivity contribution in [2.75, 3.05) is 19.8 Å². The van der Waals surface area contributed by atoms with Gasteiger partial charge in [-0.25, -0.2) is 4.79 Å². The molecule has 46 valence electrons. The fourth-order valence-corrected chi connectivity index (χ4v) is 0.550. The number of hydrogen-bond donors (Lipinski definition) is 1. The van der Waals surface area contributed by atoms with Crippen molar-refractivity contribution in [2.24, 2.45) is 0 Å². The summed E-state index contributed by atoms with van der Waals surface area (Å²) in [4.78, 5) is 10.3. The predicted molar refractivity (Wildman–Crippen MR) is 25.0 cm³/mol. The number of nitrogens with one attached hydrogen (secondary N) is 1. The number of amides is 1. The highest BCUT2D eigenvalue weighted by atomic mass is 16.5. The van der Waals surface area contributed by atoms with Crippen LogP contribution in [0.15, 0.2) is 0 Å². The van der Waals surface area contributed by atoms with E-state index in [-0.39, 0.29) is 18.2 Å². The summed E-state index contributed by atoms with van der Waals surface area (Å²) in [6, 6.07) is 0. The quantitative estimate of drug-likeness (QED) is 0.371. The van der Waals surface area contributed by atoms with Gasteiger partial charge in [0.15, 0.2) is 6.61 Å². The molecule has 1 heterocycles. The van der Waals surface area contributed by atoms with Crippen LogP contribution < -0.4 is 5.06 Å². The Morgan fingerprint density at radius 3 is 2.88 bits per heavy atom. The van der Waals surface area contributed by atoms with E-state index in [0.717, 1.165) is 0 Å². The molecule has 1 saturated heterocycles. The van der Waals surface area contributed by atoms with Crippen LogP contribution in [0.1, 0.15) is 0 Å². The first kappa shape index (κ1) is 5.68. The van der Waals surface area contributed by atoms with Crippen LogP contribution in [0, 0.1) is 5.21 Å². The number of hydrogen-bond acceptors (Lipinski definition) is 3. The van der Waals surface area contributed by atoms with Gasteiger partial charge in [-0.3, -0.25) is 0 Å². The molecule has 4 heteroatoms. The van der Waals surface area contributed by atoms with Gasteiger partial charge in [0, 0.05) is 0 Å². The molecular formula is C4H7NO3. The van der Waals surface area contributed by atoms with Crippen LogP contribution >= 0.6 is 0 Å². The van der Waals surface area contributed by atoms with Gasteiger partial charge in [0.25, 0.3) is 0 Å². The van der Waals surface area contributed by atoms with Gasteiger partial charge in [0.05, 0.1) is 6.61 Å². The van der Waals surface area contributed by atoms with Crippen molar-refractivity contribution in [1.29, 1.82) is 0 Å². The zero-order chi connectivity index (χ0) is 5.98. The van der Waals surface area contributed by atoms with Crippen LogP contribution in [-0.2, 0) is 9.53 Å². The minimum atomic E-state index is -0.392. The Bertz CT molecular complexity index is 103. The SMILES string of the molecule is O=C1COCC[NH+]1[O-]. The van der Waals surface area contributed by atoms with Crippen molar-refractivity contribution in [2.45, 2.75) is 0 Å². The number of ether oxygens (including phenoxy) is 1. The molecule has 0 bridgehead atoms. The van der Waals surface area contributed by atoms with Gasteiger partial charge in [-0.05, 0) is 0 Å². The van der Waals surface area contributed by atoms with Gasteiger partial charge in [-0.15, -0.1) is 0 Å². The van der Waals surface area contributed by atoms with Gasteiger partial charge >= 0.3 is 5.91 Å². The highest BCUT2D eigenvalue weighted by molar-refractivity contribution is 5.68. The van der Waals surface area contributed by atoms with Gasteiger partial charge in [-0.2, -0.15) is 0 Å². The molecule has 1 unspecified atom stereocenters. The van der Waals surface area contributed by atoms with Crippen LogP contribution in [0.5, 0.6) is 0 Å². The number of carbonyl (C=O) groups is 1. The smallest absolute Gasteiger partial charge is 0.337 e. The third-order valence-corrected chi connectivity index (χ3v) is 1.02. The largest absolute Gasteiger partial charge is 0.627 e. The number of morpholine rings is 1. The summed E-state index contributed by atoms with van der Waals surface area (Å²) in [6.45, 7) is 0.655. The molecule has 0 aromatic carbocycles. The number of quaternary nitrogens is 1. The maximum atomic E-state index is 10.4. The fraction of sp³-hybridized carbons (Fsp3) is 0.750. The van der Waals surface area contributed by atoms with Crippen LogP contribution in [0.3, 0.4) is 0 Å². The summed E-state index contributed by atoms with van der Waals surface area (Å²) in [7, 11) is 0. The number of hydroxylamine groups is 2. The summed E-state index contributed by atoms with van der Waals surface area (Å²) >= 11 is 0. The zero-order valence-electron chi connectivity index (χ0n) is 4.35. The molecular weight excluding hydrogens is 110 g/mol. The Labute approximate surface area is 46.6 Å². The molecule has 1 rings (SSSR count). The average Bonchev–Trinajstić information content (AvgIpc) is 1.77. The highest BCUT2D eigenvalue weighted by Gasteiger charge is 2.15. The maximum absolute atomic E-state index is 10.4. The first-order valence-corrected chi connectivity index (χ1v) is 2.44. The Kier molecular flexibility index (Phi) is 1.57. The van der Waals surface area contributed by atoms with E-state index in [1.165, 1.54) is 0 Å². The lowest BCUT2D eigenvalue weighted by Gasteiger charge is -2.22. The Balaban J connectivity index is 2.39. The minimum absolute atomic E-state index is 0.0150. The van der Waals surface area contributed by atoms with Crippen molar-refractivity contribution >= 4 is 5.91 Å². The molecule has 1 atom stereocenters. The monoisotopic (exact) mass is 117 g/mol. The van der Waals surface area contributed by atoms with Crippen molar-refractivity contribution < 1.29 is 14.6 Å². The molecule has 0 saturated carbocycles. The maximum Gasteiger partial charge on any atom is 0.337 e. The lowest BCUT2D eigenvalue weighted by Crippen LogP contribution is -3.12. The van der Waals surface area contributed by atoms with Crippen LogP contribution in [0.2, 0.25) is 0 Å². The van der Waals surface area contributed by atoms with Gasteiger partial charge < -0.3 is 15.0 Å². The van der Waals surface area contributed by atoms with Gasteiger partial charge in [-0.1, -0.05) is 0 Å². The fourth-order valence-electron chi connectivity index (χ4n) is 0.550. The van der Waals surface area contributed by atoms with E-state index < -0.39 is 5.91 Å². The van der Waals surface area contributed by atoms with Gasteiger partial charge in [0.2, 0.25) is 0 Å². The summed E-state index contributed by atoms with van der Waals surface area (Å²) in [5.41, 5.74) is 0. The molecule has 1 N–H and O–H groups in total. The lowest BCUT2D eigenvalue weighted by atomic mass is 10.5. The minimum Gasteiger partial charge on any atom is -0.627 e. The molecule has 0 aliphatic carbocycles. The van der Waals surface area contributed by atoms with E-state index in [4.69, 9.17) is 0 Å². The Hall–Kier alpha value is -0.450. The molecule has 8 heavy (non-hydrogen) atoms. The first-order valence-electron chi connectivity index (χ1n) is 2.44. The summed E-state index contributed by atoms with van der Waals surface area (Å²) in [6.07, 6.45) is 0. The molecule has 1 aliphatic rings.